The molecule has 0 unspecified atom stereocenters. The first-order chi connectivity index (χ1) is 7.27. The molecule has 0 saturated carbocycles. The van der Waals surface area contributed by atoms with Crippen LogP contribution in [0.5, 0.6) is 0 Å². The van der Waals surface area contributed by atoms with Gasteiger partial charge in [0.1, 0.15) is 0 Å². The Morgan fingerprint density at radius 1 is 1.20 bits per heavy atom. The predicted molar refractivity (Wildman–Crippen MR) is 67.6 cm³/mol. The van der Waals surface area contributed by atoms with Crippen molar-refractivity contribution in [2.45, 2.75) is 34.6 Å². The summed E-state index contributed by atoms with van der Waals surface area (Å²) < 4.78 is 1.76. The number of rotatable bonds is 0. The quantitative estimate of drug-likeness (QED) is 0.653. The summed E-state index contributed by atoms with van der Waals surface area (Å²) in [5.41, 5.74) is 2.16. The Morgan fingerprint density at radius 2 is 1.80 bits per heavy atom. The molecule has 0 amide bonds. The van der Waals surface area contributed by atoms with E-state index in [-0.39, 0.29) is 0 Å². The van der Waals surface area contributed by atoms with Gasteiger partial charge in [0.25, 0.3) is 0 Å². The monoisotopic (exact) mass is 226 g/mol. The minimum absolute atomic E-state index is 0.703. The molecule has 0 aliphatic rings. The van der Waals surface area contributed by atoms with Crippen LogP contribution in [0.15, 0.2) is 24.5 Å². The zero-order valence-electron chi connectivity index (χ0n) is 10.1. The Balaban J connectivity index is 0.000000442. The van der Waals surface area contributed by atoms with Gasteiger partial charge in [-0.05, 0) is 24.6 Å². The maximum Gasteiger partial charge on any atom is 0.0864 e. The molecule has 15 heavy (non-hydrogen) atoms. The van der Waals surface area contributed by atoms with Crippen molar-refractivity contribution in [2.24, 2.45) is 0 Å². The Labute approximate surface area is 96.9 Å². The summed E-state index contributed by atoms with van der Waals surface area (Å²) in [7, 11) is 0. The van der Waals surface area contributed by atoms with Crippen molar-refractivity contribution < 1.29 is 0 Å². The van der Waals surface area contributed by atoms with Crippen LogP contribution in [-0.2, 0) is 0 Å². The summed E-state index contributed by atoms with van der Waals surface area (Å²) in [4.78, 5) is 0. The summed E-state index contributed by atoms with van der Waals surface area (Å²) in [6, 6.07) is 4.01. The molecule has 2 aromatic heterocycles. The molecule has 0 atom stereocenters. The highest BCUT2D eigenvalue weighted by molar-refractivity contribution is 6.33. The molecule has 0 aromatic carbocycles. The lowest BCUT2D eigenvalue weighted by atomic mass is 10.3. The highest BCUT2D eigenvalue weighted by Gasteiger charge is 1.98. The van der Waals surface area contributed by atoms with Gasteiger partial charge in [0.05, 0.1) is 16.7 Å². The van der Waals surface area contributed by atoms with Crippen molar-refractivity contribution >= 4 is 17.1 Å². The van der Waals surface area contributed by atoms with Crippen LogP contribution in [-0.4, -0.2) is 9.61 Å². The summed E-state index contributed by atoms with van der Waals surface area (Å²) in [5.74, 6) is 0. The van der Waals surface area contributed by atoms with Gasteiger partial charge in [-0.2, -0.15) is 5.10 Å². The van der Waals surface area contributed by atoms with Gasteiger partial charge in [0.2, 0.25) is 0 Å². The average Bonchev–Trinajstić information content (AvgIpc) is 2.66. The molecule has 0 N–H and O–H groups in total. The van der Waals surface area contributed by atoms with E-state index in [9.17, 15) is 0 Å². The fourth-order valence-electron chi connectivity index (χ4n) is 1.06. The van der Waals surface area contributed by atoms with Crippen LogP contribution in [0, 0.1) is 6.92 Å². The molecule has 2 aromatic rings. The highest BCUT2D eigenvalue weighted by Crippen LogP contribution is 2.16. The molecular formula is C12H19ClN2. The second-order valence-electron chi connectivity index (χ2n) is 2.53. The largest absolute Gasteiger partial charge is 0.239 e. The lowest BCUT2D eigenvalue weighted by Gasteiger charge is -1.93. The molecule has 0 fully saturated rings. The van der Waals surface area contributed by atoms with Crippen LogP contribution in [0.4, 0.5) is 0 Å². The van der Waals surface area contributed by atoms with Crippen molar-refractivity contribution in [3.8, 4) is 0 Å². The minimum atomic E-state index is 0.703. The molecular weight excluding hydrogens is 208 g/mol. The number of nitrogens with zero attached hydrogens (tertiary/aromatic N) is 2. The lowest BCUT2D eigenvalue weighted by molar-refractivity contribution is 0.958. The fourth-order valence-corrected chi connectivity index (χ4v) is 1.24. The standard InChI is InChI=1S/C8H7ClN2.2C2H6/c1-6-2-3-11-8(4-6)7(9)5-10-11;2*1-2/h2-5H,1H3;2*1-2H3. The van der Waals surface area contributed by atoms with Gasteiger partial charge >= 0.3 is 0 Å². The van der Waals surface area contributed by atoms with E-state index in [4.69, 9.17) is 11.6 Å². The van der Waals surface area contributed by atoms with E-state index in [0.717, 1.165) is 5.52 Å². The van der Waals surface area contributed by atoms with Crippen molar-refractivity contribution in [2.75, 3.05) is 0 Å². The maximum atomic E-state index is 5.86. The van der Waals surface area contributed by atoms with Gasteiger partial charge in [0, 0.05) is 6.20 Å². The number of aromatic nitrogens is 2. The zero-order chi connectivity index (χ0) is 11.8. The van der Waals surface area contributed by atoms with Crippen LogP contribution in [0.25, 0.3) is 5.52 Å². The third kappa shape index (κ3) is 3.56. The normalized spacial score (nSPS) is 8.67. The van der Waals surface area contributed by atoms with Crippen LogP contribution >= 0.6 is 11.6 Å². The van der Waals surface area contributed by atoms with E-state index >= 15 is 0 Å². The van der Waals surface area contributed by atoms with Crippen molar-refractivity contribution in [3.63, 3.8) is 0 Å². The van der Waals surface area contributed by atoms with E-state index < -0.39 is 0 Å². The minimum Gasteiger partial charge on any atom is -0.239 e. The van der Waals surface area contributed by atoms with E-state index in [0.29, 0.717) is 5.02 Å². The van der Waals surface area contributed by atoms with Crippen molar-refractivity contribution in [1.82, 2.24) is 9.61 Å². The number of hydrogen-bond acceptors (Lipinski definition) is 1. The molecule has 0 spiro atoms. The van der Waals surface area contributed by atoms with Crippen molar-refractivity contribution in [3.05, 3.63) is 35.1 Å². The van der Waals surface area contributed by atoms with Crippen molar-refractivity contribution in [1.29, 1.82) is 0 Å². The SMILES string of the molecule is CC.CC.Cc1ccn2ncc(Cl)c2c1. The van der Waals surface area contributed by atoms with Gasteiger partial charge < -0.3 is 0 Å². The third-order valence-electron chi connectivity index (χ3n) is 1.63. The molecule has 0 aliphatic heterocycles. The molecule has 0 bridgehead atoms. The smallest absolute Gasteiger partial charge is 0.0864 e. The molecule has 84 valence electrons. The third-order valence-corrected chi connectivity index (χ3v) is 1.92. The molecule has 2 heterocycles. The van der Waals surface area contributed by atoms with Gasteiger partial charge in [-0.1, -0.05) is 39.3 Å². The highest BCUT2D eigenvalue weighted by atomic mass is 35.5. The fraction of sp³-hybridized carbons (Fsp3) is 0.417. The summed E-state index contributed by atoms with van der Waals surface area (Å²) >= 11 is 5.86. The lowest BCUT2D eigenvalue weighted by Crippen LogP contribution is -1.85. The van der Waals surface area contributed by atoms with Crippen LogP contribution < -0.4 is 0 Å². The Bertz CT molecular complexity index is 393. The van der Waals surface area contributed by atoms with Gasteiger partial charge in [-0.25, -0.2) is 4.52 Å². The maximum absolute atomic E-state index is 5.86. The van der Waals surface area contributed by atoms with Crippen LogP contribution in [0.3, 0.4) is 0 Å². The summed E-state index contributed by atoms with van der Waals surface area (Å²) in [5, 5.41) is 4.75. The molecule has 0 radical (unpaired) electrons. The number of halogens is 1. The second kappa shape index (κ2) is 7.30. The first kappa shape index (κ1) is 14.0. The van der Waals surface area contributed by atoms with Gasteiger partial charge in [-0.15, -0.1) is 0 Å². The van der Waals surface area contributed by atoms with E-state index in [1.165, 1.54) is 5.56 Å². The molecule has 3 heteroatoms. The number of pyridine rings is 1. The van der Waals surface area contributed by atoms with Crippen LogP contribution in [0.2, 0.25) is 5.02 Å². The predicted octanol–water partition coefficient (Wildman–Crippen LogP) is 4.35. The van der Waals surface area contributed by atoms with E-state index in [1.54, 1.807) is 10.7 Å². The van der Waals surface area contributed by atoms with E-state index in [1.807, 2.05) is 52.9 Å². The zero-order valence-corrected chi connectivity index (χ0v) is 10.8. The Kier molecular flexibility index (Phi) is 6.80. The molecule has 0 aliphatic carbocycles. The molecule has 0 saturated heterocycles. The van der Waals surface area contributed by atoms with Crippen LogP contribution in [0.1, 0.15) is 33.3 Å². The number of fused-ring (bicyclic) bond motifs is 1. The van der Waals surface area contributed by atoms with E-state index in [2.05, 4.69) is 5.10 Å². The topological polar surface area (TPSA) is 17.3 Å². The average molecular weight is 227 g/mol. The molecule has 2 nitrogen and oxygen atoms in total. The number of aryl methyl sites for hydroxylation is 1. The first-order valence-corrected chi connectivity index (χ1v) is 5.74. The number of hydrogen-bond donors (Lipinski definition) is 0. The van der Waals surface area contributed by atoms with Gasteiger partial charge in [0.15, 0.2) is 0 Å². The second-order valence-corrected chi connectivity index (χ2v) is 2.93. The summed E-state index contributed by atoms with van der Waals surface area (Å²) in [6.45, 7) is 10.0. The Hall–Kier alpha value is -1.02. The molecule has 2 rings (SSSR count). The Morgan fingerprint density at radius 3 is 2.40 bits per heavy atom. The van der Waals surface area contributed by atoms with Gasteiger partial charge in [-0.3, -0.25) is 0 Å². The summed E-state index contributed by atoms with van der Waals surface area (Å²) in [6.07, 6.45) is 3.55. The first-order valence-electron chi connectivity index (χ1n) is 5.37.